The van der Waals surface area contributed by atoms with Crippen LogP contribution in [0.25, 0.3) is 0 Å². The maximum absolute atomic E-state index is 13.0. The molecule has 1 aliphatic heterocycles. The number of hydrogen-bond donors (Lipinski definition) is 0. The van der Waals surface area contributed by atoms with Crippen molar-refractivity contribution in [2.24, 2.45) is 0 Å². The number of nitro benzene ring substituents is 1. The summed E-state index contributed by atoms with van der Waals surface area (Å²) in [6, 6.07) is 10.6. The van der Waals surface area contributed by atoms with Crippen LogP contribution in [0.3, 0.4) is 0 Å². The summed E-state index contributed by atoms with van der Waals surface area (Å²) in [5.41, 5.74) is 1.06. The molecule has 3 rings (SSSR count). The van der Waals surface area contributed by atoms with Crippen LogP contribution in [0.2, 0.25) is 0 Å². The number of fused-ring (bicyclic) bond motifs is 1. The number of ether oxygens (including phenoxy) is 1. The summed E-state index contributed by atoms with van der Waals surface area (Å²) in [6.45, 7) is 2.64. The first kappa shape index (κ1) is 17.2. The summed E-state index contributed by atoms with van der Waals surface area (Å²) < 4.78 is 32.6. The van der Waals surface area contributed by atoms with Gasteiger partial charge in [0.2, 0.25) is 0 Å². The van der Waals surface area contributed by atoms with Gasteiger partial charge in [0.1, 0.15) is 5.75 Å². The van der Waals surface area contributed by atoms with E-state index < -0.39 is 14.9 Å². The molecule has 25 heavy (non-hydrogen) atoms. The summed E-state index contributed by atoms with van der Waals surface area (Å²) >= 11 is 0. The lowest BCUT2D eigenvalue weighted by Gasteiger charge is -2.30. The summed E-state index contributed by atoms with van der Waals surface area (Å²) in [6.07, 6.45) is 1.36. The number of benzene rings is 2. The van der Waals surface area contributed by atoms with E-state index in [4.69, 9.17) is 4.74 Å². The zero-order chi connectivity index (χ0) is 18.0. The average Bonchev–Trinajstić information content (AvgIpc) is 2.61. The van der Waals surface area contributed by atoms with E-state index in [1.54, 1.807) is 18.2 Å². The van der Waals surface area contributed by atoms with Gasteiger partial charge < -0.3 is 4.74 Å². The lowest BCUT2D eigenvalue weighted by Crippen LogP contribution is -2.35. The van der Waals surface area contributed by atoms with Crippen LogP contribution in [-0.2, 0) is 16.4 Å². The van der Waals surface area contributed by atoms with Crippen molar-refractivity contribution in [3.8, 4) is 5.75 Å². The molecule has 0 atom stereocenters. The minimum atomic E-state index is -3.79. The van der Waals surface area contributed by atoms with Crippen LogP contribution >= 0.6 is 0 Å². The van der Waals surface area contributed by atoms with Crippen LogP contribution in [-0.4, -0.2) is 26.5 Å². The van der Waals surface area contributed by atoms with Gasteiger partial charge in [-0.2, -0.15) is 0 Å². The molecule has 7 nitrogen and oxygen atoms in total. The van der Waals surface area contributed by atoms with Crippen LogP contribution in [0.4, 0.5) is 11.4 Å². The topological polar surface area (TPSA) is 89.8 Å². The average molecular weight is 362 g/mol. The van der Waals surface area contributed by atoms with Crippen molar-refractivity contribution in [3.63, 3.8) is 0 Å². The Morgan fingerprint density at radius 2 is 1.92 bits per heavy atom. The number of nitrogens with zero attached hydrogens (tertiary/aromatic N) is 2. The maximum Gasteiger partial charge on any atom is 0.271 e. The molecule has 0 spiro atoms. The van der Waals surface area contributed by atoms with Gasteiger partial charge in [-0.05, 0) is 49.6 Å². The van der Waals surface area contributed by atoms with Gasteiger partial charge in [0.05, 0.1) is 22.1 Å². The van der Waals surface area contributed by atoms with Crippen molar-refractivity contribution < 1.29 is 18.1 Å². The molecule has 2 aromatic carbocycles. The highest BCUT2D eigenvalue weighted by Crippen LogP contribution is 2.34. The molecule has 132 valence electrons. The maximum atomic E-state index is 13.0. The highest BCUT2D eigenvalue weighted by atomic mass is 32.2. The molecule has 0 radical (unpaired) electrons. The van der Waals surface area contributed by atoms with Crippen molar-refractivity contribution in [2.75, 3.05) is 17.5 Å². The highest BCUT2D eigenvalue weighted by Gasteiger charge is 2.30. The number of rotatable bonds is 5. The van der Waals surface area contributed by atoms with Gasteiger partial charge >= 0.3 is 0 Å². The van der Waals surface area contributed by atoms with Gasteiger partial charge in [-0.15, -0.1) is 0 Å². The molecule has 0 N–H and O–H groups in total. The molecule has 8 heteroatoms. The van der Waals surface area contributed by atoms with Crippen LogP contribution in [0.1, 0.15) is 18.9 Å². The number of hydrogen-bond acceptors (Lipinski definition) is 5. The Labute approximate surface area is 146 Å². The highest BCUT2D eigenvalue weighted by molar-refractivity contribution is 7.92. The zero-order valence-corrected chi connectivity index (χ0v) is 14.5. The smallest absolute Gasteiger partial charge is 0.271 e. The number of anilines is 1. The first-order valence-corrected chi connectivity index (χ1v) is 9.40. The minimum absolute atomic E-state index is 0.118. The molecule has 0 aliphatic carbocycles. The molecule has 1 aliphatic rings. The number of aryl methyl sites for hydroxylation is 1. The predicted octanol–water partition coefficient (Wildman–Crippen LogP) is 3.14. The van der Waals surface area contributed by atoms with Gasteiger partial charge in [0.15, 0.2) is 0 Å². The molecule has 2 aromatic rings. The third-order valence-corrected chi connectivity index (χ3v) is 5.91. The molecule has 0 aromatic heterocycles. The predicted molar refractivity (Wildman–Crippen MR) is 93.6 cm³/mol. The van der Waals surface area contributed by atoms with E-state index in [-0.39, 0.29) is 10.6 Å². The summed E-state index contributed by atoms with van der Waals surface area (Å²) in [7, 11) is -3.79. The first-order chi connectivity index (χ1) is 11.9. The van der Waals surface area contributed by atoms with E-state index in [0.29, 0.717) is 37.4 Å². The molecular weight excluding hydrogens is 344 g/mol. The van der Waals surface area contributed by atoms with E-state index in [2.05, 4.69) is 0 Å². The third kappa shape index (κ3) is 3.30. The fourth-order valence-electron chi connectivity index (χ4n) is 2.89. The molecule has 1 heterocycles. The van der Waals surface area contributed by atoms with Crippen LogP contribution in [0, 0.1) is 10.1 Å². The van der Waals surface area contributed by atoms with Crippen molar-refractivity contribution >= 4 is 21.4 Å². The molecule has 0 amide bonds. The molecule has 0 fully saturated rings. The fraction of sp³-hybridized carbons (Fsp3) is 0.294. The molecular formula is C17H18N2O5S. The Bertz CT molecular complexity index is 894. The van der Waals surface area contributed by atoms with Gasteiger partial charge in [-0.25, -0.2) is 8.42 Å². The Hall–Kier alpha value is -2.61. The van der Waals surface area contributed by atoms with Crippen molar-refractivity contribution in [3.05, 3.63) is 58.1 Å². The fourth-order valence-corrected chi connectivity index (χ4v) is 4.43. The third-order valence-electron chi connectivity index (χ3n) is 4.08. The Morgan fingerprint density at radius 3 is 2.56 bits per heavy atom. The number of sulfonamides is 1. The zero-order valence-electron chi connectivity index (χ0n) is 13.7. The quantitative estimate of drug-likeness (QED) is 0.602. The number of non-ortho nitro benzene ring substituents is 1. The standard InChI is InChI=1S/C17H18N2O5S/c1-2-24-15-7-9-16(10-8-15)25(22,23)18-11-3-4-13-5-6-14(19(20)21)12-17(13)18/h5-10,12H,2-4,11H2,1H3. The van der Waals surface area contributed by atoms with E-state index in [9.17, 15) is 18.5 Å². The Balaban J connectivity index is 2.01. The van der Waals surface area contributed by atoms with E-state index >= 15 is 0 Å². The Kier molecular flexibility index (Phi) is 4.63. The molecule has 0 saturated carbocycles. The first-order valence-electron chi connectivity index (χ1n) is 7.96. The van der Waals surface area contributed by atoms with Gasteiger partial charge in [-0.1, -0.05) is 6.07 Å². The summed E-state index contributed by atoms with van der Waals surface area (Å²) in [5.74, 6) is 0.594. The van der Waals surface area contributed by atoms with Crippen molar-refractivity contribution in [1.29, 1.82) is 0 Å². The monoisotopic (exact) mass is 362 g/mol. The van der Waals surface area contributed by atoms with Gasteiger partial charge in [0.25, 0.3) is 15.7 Å². The van der Waals surface area contributed by atoms with Crippen molar-refractivity contribution in [1.82, 2.24) is 0 Å². The molecule has 0 unspecified atom stereocenters. The minimum Gasteiger partial charge on any atom is -0.494 e. The summed E-state index contributed by atoms with van der Waals surface area (Å²) in [5, 5.41) is 11.0. The second kappa shape index (κ2) is 6.72. The van der Waals surface area contributed by atoms with E-state index in [1.807, 2.05) is 6.92 Å². The lowest BCUT2D eigenvalue weighted by atomic mass is 10.0. The lowest BCUT2D eigenvalue weighted by molar-refractivity contribution is -0.384. The van der Waals surface area contributed by atoms with E-state index in [1.165, 1.54) is 28.6 Å². The Morgan fingerprint density at radius 1 is 1.20 bits per heavy atom. The van der Waals surface area contributed by atoms with Gasteiger partial charge in [-0.3, -0.25) is 14.4 Å². The SMILES string of the molecule is CCOc1ccc(S(=O)(=O)N2CCCc3ccc([N+](=O)[O-])cc32)cc1. The van der Waals surface area contributed by atoms with Crippen LogP contribution in [0.5, 0.6) is 5.75 Å². The van der Waals surface area contributed by atoms with E-state index in [0.717, 1.165) is 5.56 Å². The van der Waals surface area contributed by atoms with Gasteiger partial charge in [0, 0.05) is 18.7 Å². The largest absolute Gasteiger partial charge is 0.494 e. The normalized spacial score (nSPS) is 14.0. The van der Waals surface area contributed by atoms with Crippen molar-refractivity contribution in [2.45, 2.75) is 24.7 Å². The second-order valence-corrected chi connectivity index (χ2v) is 7.52. The van der Waals surface area contributed by atoms with Crippen LogP contribution in [0.15, 0.2) is 47.4 Å². The molecule has 0 saturated heterocycles. The van der Waals surface area contributed by atoms with Crippen LogP contribution < -0.4 is 9.04 Å². The molecule has 0 bridgehead atoms. The second-order valence-electron chi connectivity index (χ2n) is 5.66. The number of nitro groups is 1. The summed E-state index contributed by atoms with van der Waals surface area (Å²) in [4.78, 5) is 10.7.